The van der Waals surface area contributed by atoms with E-state index >= 15 is 0 Å². The summed E-state index contributed by atoms with van der Waals surface area (Å²) in [7, 11) is 0. The summed E-state index contributed by atoms with van der Waals surface area (Å²) in [5, 5.41) is 24.5. The Bertz CT molecular complexity index is 844. The maximum Gasteiger partial charge on any atom is 0.254 e. The second kappa shape index (κ2) is 4.94. The van der Waals surface area contributed by atoms with E-state index in [9.17, 15) is 19.8 Å². The predicted octanol–water partition coefficient (Wildman–Crippen LogP) is 2.25. The third-order valence-corrected chi connectivity index (χ3v) is 6.68. The molecule has 2 saturated carbocycles. The van der Waals surface area contributed by atoms with Crippen molar-refractivity contribution >= 4 is 34.0 Å². The van der Waals surface area contributed by atoms with E-state index in [1.165, 1.54) is 18.3 Å². The van der Waals surface area contributed by atoms with Crippen LogP contribution in [-0.4, -0.2) is 33.3 Å². The summed E-state index contributed by atoms with van der Waals surface area (Å²) in [6.07, 6.45) is 6.62. The summed E-state index contributed by atoms with van der Waals surface area (Å²) in [5.74, 6) is 0.0808. The molecule has 6 nitrogen and oxygen atoms in total. The number of halogens is 1. The molecule has 6 rings (SSSR count). The van der Waals surface area contributed by atoms with Crippen LogP contribution in [0.1, 0.15) is 12.0 Å². The summed E-state index contributed by atoms with van der Waals surface area (Å²) in [5.41, 5.74) is 0.309. The van der Waals surface area contributed by atoms with E-state index in [-0.39, 0.29) is 47.0 Å². The lowest BCUT2D eigenvalue weighted by atomic mass is 9.63. The number of aromatic hydroxyl groups is 2. The zero-order valence-electron chi connectivity index (χ0n) is 13.0. The van der Waals surface area contributed by atoms with E-state index in [4.69, 9.17) is 0 Å². The van der Waals surface area contributed by atoms with E-state index in [2.05, 4.69) is 33.2 Å². The van der Waals surface area contributed by atoms with Crippen molar-refractivity contribution < 1.29 is 19.8 Å². The first-order chi connectivity index (χ1) is 12.0. The van der Waals surface area contributed by atoms with Crippen LogP contribution in [0.2, 0.25) is 0 Å². The molecule has 5 aliphatic rings. The van der Waals surface area contributed by atoms with Crippen LogP contribution in [0.3, 0.4) is 0 Å². The van der Waals surface area contributed by atoms with Gasteiger partial charge in [-0.15, -0.1) is 0 Å². The molecule has 4 aliphatic carbocycles. The first kappa shape index (κ1) is 15.1. The van der Waals surface area contributed by atoms with Crippen molar-refractivity contribution in [2.75, 3.05) is 0 Å². The van der Waals surface area contributed by atoms with Gasteiger partial charge in [-0.1, -0.05) is 12.2 Å². The normalized spacial score (nSPS) is 37.7. The van der Waals surface area contributed by atoms with Crippen LogP contribution in [0.5, 0.6) is 11.5 Å². The number of phenolic OH excluding ortho intramolecular Hbond substituents is 2. The Morgan fingerprint density at radius 3 is 2.24 bits per heavy atom. The summed E-state index contributed by atoms with van der Waals surface area (Å²) in [6, 6.07) is 2.66. The Morgan fingerprint density at radius 1 is 1.04 bits per heavy atom. The number of imide groups is 1. The first-order valence-electron chi connectivity index (χ1n) is 8.29. The molecule has 1 aliphatic heterocycles. The van der Waals surface area contributed by atoms with Gasteiger partial charge in [0.05, 0.1) is 22.5 Å². The molecule has 0 aromatic heterocycles. The van der Waals surface area contributed by atoms with Crippen molar-refractivity contribution in [3.05, 3.63) is 34.3 Å². The van der Waals surface area contributed by atoms with Crippen molar-refractivity contribution in [1.29, 1.82) is 0 Å². The second-order valence-electron chi connectivity index (χ2n) is 7.25. The van der Waals surface area contributed by atoms with Crippen molar-refractivity contribution in [2.24, 2.45) is 40.6 Å². The van der Waals surface area contributed by atoms with Crippen LogP contribution < -0.4 is 0 Å². The number of hydrogen-bond donors (Lipinski definition) is 2. The van der Waals surface area contributed by atoms with Crippen molar-refractivity contribution in [3.8, 4) is 11.5 Å². The molecule has 2 bridgehead atoms. The van der Waals surface area contributed by atoms with Crippen LogP contribution in [-0.2, 0) is 9.59 Å². The number of amides is 2. The summed E-state index contributed by atoms with van der Waals surface area (Å²) in [4.78, 5) is 25.6. The standard InChI is InChI=1S/C18H15BrN2O4/c19-12-3-7(13(22)5-14(12)23)6-20-21-17(24)15-8-1-2-9(11-4-10(8)11)16(15)18(21)25/h1-3,5-6,8-11,15-16,22-23H,4H2/b20-6-/t8-,9-,10-,11+,15+,16+/m0/s1. The Balaban J connectivity index is 1.46. The fraction of sp³-hybridized carbons (Fsp3) is 0.389. The minimum atomic E-state index is -0.288. The first-order valence-corrected chi connectivity index (χ1v) is 9.08. The molecule has 6 atom stereocenters. The summed E-state index contributed by atoms with van der Waals surface area (Å²) in [6.45, 7) is 0. The van der Waals surface area contributed by atoms with Gasteiger partial charge in [0.25, 0.3) is 11.8 Å². The van der Waals surface area contributed by atoms with E-state index in [0.717, 1.165) is 11.4 Å². The Kier molecular flexibility index (Phi) is 2.99. The van der Waals surface area contributed by atoms with Gasteiger partial charge in [-0.2, -0.15) is 10.1 Å². The molecule has 1 heterocycles. The predicted molar refractivity (Wildman–Crippen MR) is 91.6 cm³/mol. The number of carbonyl (C=O) groups excluding carboxylic acids is 2. The number of benzene rings is 1. The van der Waals surface area contributed by atoms with E-state index in [1.807, 2.05) is 0 Å². The van der Waals surface area contributed by atoms with Crippen LogP contribution in [0.25, 0.3) is 0 Å². The average molecular weight is 403 g/mol. The zero-order chi connectivity index (χ0) is 17.5. The number of rotatable bonds is 2. The third kappa shape index (κ3) is 1.99. The highest BCUT2D eigenvalue weighted by molar-refractivity contribution is 9.10. The van der Waals surface area contributed by atoms with Gasteiger partial charge in [0.2, 0.25) is 0 Å². The molecular formula is C18H15BrN2O4. The number of hydrogen-bond acceptors (Lipinski definition) is 5. The van der Waals surface area contributed by atoms with Crippen molar-refractivity contribution in [3.63, 3.8) is 0 Å². The highest BCUT2D eigenvalue weighted by atomic mass is 79.9. The summed E-state index contributed by atoms with van der Waals surface area (Å²) >= 11 is 3.16. The Morgan fingerprint density at radius 2 is 1.64 bits per heavy atom. The van der Waals surface area contributed by atoms with Crippen molar-refractivity contribution in [1.82, 2.24) is 5.01 Å². The lowest BCUT2D eigenvalue weighted by Crippen LogP contribution is -2.40. The Hall–Kier alpha value is -2.15. The minimum absolute atomic E-state index is 0.101. The van der Waals surface area contributed by atoms with Gasteiger partial charge in [-0.3, -0.25) is 9.59 Å². The quantitative estimate of drug-likeness (QED) is 0.450. The fourth-order valence-electron chi connectivity index (χ4n) is 4.84. The molecule has 1 aromatic rings. The molecule has 0 spiro atoms. The van der Waals surface area contributed by atoms with Gasteiger partial charge in [-0.05, 0) is 52.1 Å². The molecule has 1 saturated heterocycles. The SMILES string of the molecule is O=C1[C@@H]2[C@H]3C=C[C@@H]([C@@H]4C[C@H]34)[C@H]2C(=O)N1/N=C\c1cc(Br)c(O)cc1O. The molecular weight excluding hydrogens is 388 g/mol. The van der Waals surface area contributed by atoms with Crippen LogP contribution in [0, 0.1) is 35.5 Å². The molecule has 25 heavy (non-hydrogen) atoms. The smallest absolute Gasteiger partial charge is 0.254 e. The van der Waals surface area contributed by atoms with Gasteiger partial charge in [0.1, 0.15) is 11.5 Å². The lowest BCUT2D eigenvalue weighted by Gasteiger charge is -2.37. The van der Waals surface area contributed by atoms with Crippen LogP contribution in [0.15, 0.2) is 33.9 Å². The number of phenols is 2. The van der Waals surface area contributed by atoms with Gasteiger partial charge in [0.15, 0.2) is 0 Å². The molecule has 2 N–H and O–H groups in total. The molecule has 2 amide bonds. The maximum absolute atomic E-state index is 12.8. The largest absolute Gasteiger partial charge is 0.507 e. The molecule has 1 aromatic carbocycles. The van der Waals surface area contributed by atoms with E-state index in [0.29, 0.717) is 21.9 Å². The van der Waals surface area contributed by atoms with Gasteiger partial charge < -0.3 is 10.2 Å². The molecule has 128 valence electrons. The van der Waals surface area contributed by atoms with Gasteiger partial charge in [0, 0.05) is 11.6 Å². The van der Waals surface area contributed by atoms with Gasteiger partial charge >= 0.3 is 0 Å². The highest BCUT2D eigenvalue weighted by Crippen LogP contribution is 2.65. The monoisotopic (exact) mass is 402 g/mol. The summed E-state index contributed by atoms with van der Waals surface area (Å²) < 4.78 is 0.391. The maximum atomic E-state index is 12.8. The number of allylic oxidation sites excluding steroid dienone is 2. The molecule has 0 radical (unpaired) electrons. The number of nitrogens with zero attached hydrogens (tertiary/aromatic N) is 2. The van der Waals surface area contributed by atoms with E-state index in [1.54, 1.807) is 0 Å². The van der Waals surface area contributed by atoms with Crippen LogP contribution in [0.4, 0.5) is 0 Å². The van der Waals surface area contributed by atoms with Gasteiger partial charge in [-0.25, -0.2) is 0 Å². The topological polar surface area (TPSA) is 90.2 Å². The molecule has 3 fully saturated rings. The van der Waals surface area contributed by atoms with Crippen molar-refractivity contribution in [2.45, 2.75) is 6.42 Å². The number of hydrazone groups is 1. The zero-order valence-corrected chi connectivity index (χ0v) is 14.6. The average Bonchev–Trinajstić information content (AvgIpc) is 3.36. The molecule has 7 heteroatoms. The van der Waals surface area contributed by atoms with Crippen LogP contribution >= 0.6 is 15.9 Å². The van der Waals surface area contributed by atoms with E-state index < -0.39 is 0 Å². The fourth-order valence-corrected chi connectivity index (χ4v) is 5.21. The lowest BCUT2D eigenvalue weighted by molar-refractivity contribution is -0.140. The second-order valence-corrected chi connectivity index (χ2v) is 8.10. The highest BCUT2D eigenvalue weighted by Gasteiger charge is 2.67. The third-order valence-electron chi connectivity index (χ3n) is 6.05. The molecule has 0 unspecified atom stereocenters. The number of carbonyl (C=O) groups is 2. The Labute approximate surface area is 152 Å². The minimum Gasteiger partial charge on any atom is -0.507 e.